The topological polar surface area (TPSA) is 32.3 Å². The Kier molecular flexibility index (Phi) is 8.08. The predicted molar refractivity (Wildman–Crippen MR) is 118 cm³/mol. The van der Waals surface area contributed by atoms with Crippen LogP contribution < -0.4 is 5.32 Å². The van der Waals surface area contributed by atoms with E-state index >= 15 is 0 Å². The Bertz CT molecular complexity index is 790. The van der Waals surface area contributed by atoms with E-state index in [2.05, 4.69) is 35.5 Å². The van der Waals surface area contributed by atoms with Crippen molar-refractivity contribution in [2.24, 2.45) is 0 Å². The van der Waals surface area contributed by atoms with Gasteiger partial charge in [-0.25, -0.2) is 0 Å². The van der Waals surface area contributed by atoms with Gasteiger partial charge in [0.15, 0.2) is 5.78 Å². The number of ketones is 1. The summed E-state index contributed by atoms with van der Waals surface area (Å²) in [6.45, 7) is 4.03. The van der Waals surface area contributed by atoms with Gasteiger partial charge >= 0.3 is 0 Å². The van der Waals surface area contributed by atoms with Gasteiger partial charge in [0.1, 0.15) is 0 Å². The van der Waals surface area contributed by atoms with Crippen LogP contribution in [0.3, 0.4) is 0 Å². The first kappa shape index (κ1) is 21.0. The fourth-order valence-corrected chi connectivity index (χ4v) is 4.01. The Morgan fingerprint density at radius 1 is 1.04 bits per heavy atom. The van der Waals surface area contributed by atoms with Crippen molar-refractivity contribution >= 4 is 17.4 Å². The number of unbranched alkanes of at least 4 members (excludes halogenated alkanes) is 1. The van der Waals surface area contributed by atoms with E-state index in [1.807, 2.05) is 24.3 Å². The number of benzene rings is 2. The van der Waals surface area contributed by atoms with Crippen LogP contribution in [0.2, 0.25) is 5.02 Å². The Morgan fingerprint density at radius 3 is 2.64 bits per heavy atom. The number of Topliss-reactive ketones (excluding diaryl/α,β-unsaturated/α-hetero) is 1. The maximum Gasteiger partial charge on any atom is 0.162 e. The first-order valence-corrected chi connectivity index (χ1v) is 10.8. The van der Waals surface area contributed by atoms with E-state index in [0.717, 1.165) is 68.9 Å². The van der Waals surface area contributed by atoms with Crippen LogP contribution in [-0.2, 0) is 19.3 Å². The number of carbonyl (C=O) groups is 1. The molecule has 0 saturated carbocycles. The summed E-state index contributed by atoms with van der Waals surface area (Å²) >= 11 is 6.22. The van der Waals surface area contributed by atoms with Gasteiger partial charge in [-0.05, 0) is 87.6 Å². The molecule has 0 aromatic heterocycles. The van der Waals surface area contributed by atoms with Crippen molar-refractivity contribution in [2.45, 2.75) is 38.5 Å². The molecule has 1 aliphatic rings. The summed E-state index contributed by atoms with van der Waals surface area (Å²) in [5, 5.41) is 4.27. The molecular formula is C24H31ClN2O. The Balaban J connectivity index is 1.38. The van der Waals surface area contributed by atoms with E-state index in [0.29, 0.717) is 6.42 Å². The second-order valence-electron chi connectivity index (χ2n) is 7.76. The zero-order valence-corrected chi connectivity index (χ0v) is 17.6. The molecule has 2 aromatic rings. The number of rotatable bonds is 9. The number of likely N-dealkylation sites (N-methyl/N-ethyl adjacent to an activating group) is 1. The maximum absolute atomic E-state index is 12.6. The third-order valence-corrected chi connectivity index (χ3v) is 5.95. The molecule has 0 unspecified atom stereocenters. The quantitative estimate of drug-likeness (QED) is 0.496. The van der Waals surface area contributed by atoms with Crippen molar-refractivity contribution in [3.63, 3.8) is 0 Å². The van der Waals surface area contributed by atoms with Crippen molar-refractivity contribution in [1.82, 2.24) is 10.2 Å². The highest BCUT2D eigenvalue weighted by molar-refractivity contribution is 6.31. The van der Waals surface area contributed by atoms with Gasteiger partial charge in [0, 0.05) is 23.6 Å². The molecule has 2 aromatic carbocycles. The number of fused-ring (bicyclic) bond motifs is 1. The summed E-state index contributed by atoms with van der Waals surface area (Å²) < 4.78 is 0. The highest BCUT2D eigenvalue weighted by Crippen LogP contribution is 2.18. The van der Waals surface area contributed by atoms with Crippen molar-refractivity contribution in [3.05, 3.63) is 69.7 Å². The number of hydrogen-bond acceptors (Lipinski definition) is 3. The zero-order chi connectivity index (χ0) is 19.8. The van der Waals surface area contributed by atoms with Crippen molar-refractivity contribution < 1.29 is 4.79 Å². The minimum absolute atomic E-state index is 0.277. The molecule has 0 radical (unpaired) electrons. The third kappa shape index (κ3) is 6.16. The molecule has 0 amide bonds. The van der Waals surface area contributed by atoms with Gasteiger partial charge < -0.3 is 10.2 Å². The summed E-state index contributed by atoms with van der Waals surface area (Å²) in [6.07, 6.45) is 5.65. The SMILES string of the molecule is CN(CCCCC(=O)c1ccc2c(c1)CCNCC2)CCc1ccccc1Cl. The Morgan fingerprint density at radius 2 is 1.82 bits per heavy atom. The summed E-state index contributed by atoms with van der Waals surface area (Å²) in [5.74, 6) is 0.277. The fourth-order valence-electron chi connectivity index (χ4n) is 3.78. The van der Waals surface area contributed by atoms with Crippen LogP contribution in [0.15, 0.2) is 42.5 Å². The fraction of sp³-hybridized carbons (Fsp3) is 0.458. The molecule has 3 nitrogen and oxygen atoms in total. The highest BCUT2D eigenvalue weighted by Gasteiger charge is 2.12. The largest absolute Gasteiger partial charge is 0.316 e. The van der Waals surface area contributed by atoms with E-state index < -0.39 is 0 Å². The smallest absolute Gasteiger partial charge is 0.162 e. The van der Waals surface area contributed by atoms with Gasteiger partial charge in [0.05, 0.1) is 0 Å². The molecule has 3 rings (SSSR count). The molecule has 4 heteroatoms. The van der Waals surface area contributed by atoms with Crippen LogP contribution in [0.4, 0.5) is 0 Å². The van der Waals surface area contributed by atoms with E-state index in [1.165, 1.54) is 16.7 Å². The second kappa shape index (κ2) is 10.8. The lowest BCUT2D eigenvalue weighted by Crippen LogP contribution is -2.22. The molecule has 1 aliphatic heterocycles. The maximum atomic E-state index is 12.6. The lowest BCUT2D eigenvalue weighted by Gasteiger charge is -2.16. The number of nitrogens with zero attached hydrogens (tertiary/aromatic N) is 1. The summed E-state index contributed by atoms with van der Waals surface area (Å²) in [6, 6.07) is 14.3. The minimum Gasteiger partial charge on any atom is -0.316 e. The number of halogens is 1. The average molecular weight is 399 g/mol. The normalized spacial score (nSPS) is 14.0. The molecule has 0 fully saturated rings. The summed E-state index contributed by atoms with van der Waals surface area (Å²) in [4.78, 5) is 14.9. The van der Waals surface area contributed by atoms with E-state index in [1.54, 1.807) is 0 Å². The van der Waals surface area contributed by atoms with Crippen molar-refractivity contribution in [3.8, 4) is 0 Å². The average Bonchev–Trinajstić information content (AvgIpc) is 2.95. The predicted octanol–water partition coefficient (Wildman–Crippen LogP) is 4.56. The summed E-state index contributed by atoms with van der Waals surface area (Å²) in [7, 11) is 2.14. The van der Waals surface area contributed by atoms with Gasteiger partial charge in [-0.15, -0.1) is 0 Å². The molecule has 0 saturated heterocycles. The van der Waals surface area contributed by atoms with Crippen molar-refractivity contribution in [2.75, 3.05) is 33.2 Å². The molecule has 150 valence electrons. The molecule has 0 atom stereocenters. The van der Waals surface area contributed by atoms with Gasteiger partial charge in [0.25, 0.3) is 0 Å². The van der Waals surface area contributed by atoms with E-state index in [4.69, 9.17) is 11.6 Å². The molecular weight excluding hydrogens is 368 g/mol. The zero-order valence-electron chi connectivity index (χ0n) is 16.8. The van der Waals surface area contributed by atoms with Crippen molar-refractivity contribution in [1.29, 1.82) is 0 Å². The van der Waals surface area contributed by atoms with Gasteiger partial charge in [-0.3, -0.25) is 4.79 Å². The van der Waals surface area contributed by atoms with Crippen LogP contribution in [0.1, 0.15) is 46.3 Å². The molecule has 0 bridgehead atoms. The Labute approximate surface area is 174 Å². The molecule has 0 aliphatic carbocycles. The van der Waals surface area contributed by atoms with Gasteiger partial charge in [-0.2, -0.15) is 0 Å². The van der Waals surface area contributed by atoms with E-state index in [9.17, 15) is 4.79 Å². The van der Waals surface area contributed by atoms with E-state index in [-0.39, 0.29) is 5.78 Å². The highest BCUT2D eigenvalue weighted by atomic mass is 35.5. The lowest BCUT2D eigenvalue weighted by atomic mass is 9.97. The second-order valence-corrected chi connectivity index (χ2v) is 8.17. The molecule has 1 N–H and O–H groups in total. The standard InChI is InChI=1S/C24H31ClN2O/c1-27(17-13-20-6-2-3-7-23(20)25)16-5-4-8-24(28)22-10-9-19-11-14-26-15-12-21(19)18-22/h2-3,6-7,9-10,18,26H,4-5,8,11-17H2,1H3. The minimum atomic E-state index is 0.277. The van der Waals surface area contributed by atoms with Crippen LogP contribution >= 0.6 is 11.6 Å². The number of hydrogen-bond donors (Lipinski definition) is 1. The van der Waals surface area contributed by atoms with Crippen LogP contribution in [0.5, 0.6) is 0 Å². The molecule has 28 heavy (non-hydrogen) atoms. The molecule has 0 spiro atoms. The molecule has 1 heterocycles. The summed E-state index contributed by atoms with van der Waals surface area (Å²) in [5.41, 5.74) is 4.81. The first-order valence-electron chi connectivity index (χ1n) is 10.4. The first-order chi connectivity index (χ1) is 13.6. The monoisotopic (exact) mass is 398 g/mol. The third-order valence-electron chi connectivity index (χ3n) is 5.58. The van der Waals surface area contributed by atoms with Gasteiger partial charge in [0.2, 0.25) is 0 Å². The van der Waals surface area contributed by atoms with Crippen LogP contribution in [-0.4, -0.2) is 43.9 Å². The van der Waals surface area contributed by atoms with Crippen LogP contribution in [0.25, 0.3) is 0 Å². The number of nitrogens with one attached hydrogen (secondary N) is 1. The lowest BCUT2D eigenvalue weighted by molar-refractivity contribution is 0.0978. The Hall–Kier alpha value is -1.68. The van der Waals surface area contributed by atoms with Gasteiger partial charge in [-0.1, -0.05) is 41.9 Å². The number of carbonyl (C=O) groups excluding carboxylic acids is 1. The van der Waals surface area contributed by atoms with Crippen LogP contribution in [0, 0.1) is 0 Å².